The number of rotatable bonds is 4. The fraction of sp³-hybridized carbons (Fsp3) is 0.500. The maximum Gasteiger partial charge on any atom is 0.119 e. The van der Waals surface area contributed by atoms with Gasteiger partial charge in [-0.3, -0.25) is 4.90 Å². The second kappa shape index (κ2) is 6.26. The summed E-state index contributed by atoms with van der Waals surface area (Å²) in [6.45, 7) is 6.43. The highest BCUT2D eigenvalue weighted by molar-refractivity contribution is 5.86. The topological polar surface area (TPSA) is 48.5 Å². The van der Waals surface area contributed by atoms with Gasteiger partial charge in [-0.2, -0.15) is 0 Å². The standard InChI is InChI=1S/C20H26N2O2/c1-3-13-12-22-8-6-16-17-11-15(24-2)4-5-18(17)21-20(16)19(22)10-14(13)7-9-23/h3-5,11,13-14,19,21,23H,1,6-10,12H2,2H3. The second-order valence-electron chi connectivity index (χ2n) is 7.10. The van der Waals surface area contributed by atoms with Crippen molar-refractivity contribution in [2.24, 2.45) is 11.8 Å². The van der Waals surface area contributed by atoms with Crippen molar-refractivity contribution < 1.29 is 9.84 Å². The number of aromatic nitrogens is 1. The second-order valence-corrected chi connectivity index (χ2v) is 7.10. The van der Waals surface area contributed by atoms with Gasteiger partial charge in [-0.15, -0.1) is 6.58 Å². The van der Waals surface area contributed by atoms with Gasteiger partial charge in [-0.1, -0.05) is 6.08 Å². The highest BCUT2D eigenvalue weighted by Crippen LogP contribution is 2.44. The molecule has 4 rings (SSSR count). The number of piperidine rings is 1. The maximum absolute atomic E-state index is 9.43. The lowest BCUT2D eigenvalue weighted by atomic mass is 9.77. The number of fused-ring (bicyclic) bond motifs is 5. The van der Waals surface area contributed by atoms with Crippen LogP contribution in [0.5, 0.6) is 5.75 Å². The molecule has 2 N–H and O–H groups in total. The van der Waals surface area contributed by atoms with E-state index in [0.29, 0.717) is 17.9 Å². The van der Waals surface area contributed by atoms with Crippen LogP contribution < -0.4 is 4.74 Å². The molecule has 1 aromatic heterocycles. The van der Waals surface area contributed by atoms with Crippen molar-refractivity contribution in [1.29, 1.82) is 0 Å². The first-order chi connectivity index (χ1) is 11.7. The molecule has 3 heterocycles. The Morgan fingerprint density at radius 3 is 3.08 bits per heavy atom. The first-order valence-electron chi connectivity index (χ1n) is 8.91. The Bertz CT molecular complexity index is 751. The Balaban J connectivity index is 1.72. The molecule has 0 aliphatic carbocycles. The van der Waals surface area contributed by atoms with Gasteiger partial charge < -0.3 is 14.8 Å². The van der Waals surface area contributed by atoms with Crippen molar-refractivity contribution in [3.05, 3.63) is 42.1 Å². The van der Waals surface area contributed by atoms with Gasteiger partial charge in [0, 0.05) is 36.3 Å². The molecule has 0 bridgehead atoms. The molecule has 2 aliphatic heterocycles. The molecule has 2 aromatic rings. The molecule has 0 radical (unpaired) electrons. The van der Waals surface area contributed by atoms with E-state index >= 15 is 0 Å². The molecular weight excluding hydrogens is 300 g/mol. The van der Waals surface area contributed by atoms with E-state index in [9.17, 15) is 5.11 Å². The summed E-state index contributed by atoms with van der Waals surface area (Å²) in [5.74, 6) is 1.92. The van der Waals surface area contributed by atoms with Gasteiger partial charge in [-0.25, -0.2) is 0 Å². The predicted octanol–water partition coefficient (Wildman–Crippen LogP) is 3.28. The minimum atomic E-state index is 0.262. The molecule has 4 heteroatoms. The van der Waals surface area contributed by atoms with Crippen LogP contribution in [0.25, 0.3) is 10.9 Å². The summed E-state index contributed by atoms with van der Waals surface area (Å²) < 4.78 is 5.40. The molecule has 0 saturated carbocycles. The summed E-state index contributed by atoms with van der Waals surface area (Å²) in [6.07, 6.45) is 5.12. The van der Waals surface area contributed by atoms with Gasteiger partial charge in [-0.05, 0) is 54.9 Å². The molecule has 3 unspecified atom stereocenters. The number of nitrogens with one attached hydrogen (secondary N) is 1. The zero-order valence-corrected chi connectivity index (χ0v) is 14.3. The van der Waals surface area contributed by atoms with E-state index in [0.717, 1.165) is 38.1 Å². The van der Waals surface area contributed by atoms with Gasteiger partial charge in [0.25, 0.3) is 0 Å². The van der Waals surface area contributed by atoms with Gasteiger partial charge >= 0.3 is 0 Å². The summed E-state index contributed by atoms with van der Waals surface area (Å²) in [5.41, 5.74) is 4.02. The van der Waals surface area contributed by atoms with Gasteiger partial charge in [0.2, 0.25) is 0 Å². The molecule has 1 saturated heterocycles. The van der Waals surface area contributed by atoms with E-state index in [1.165, 1.54) is 22.2 Å². The number of aromatic amines is 1. The molecule has 24 heavy (non-hydrogen) atoms. The third kappa shape index (κ3) is 2.45. The average molecular weight is 326 g/mol. The first kappa shape index (κ1) is 15.7. The van der Waals surface area contributed by atoms with Crippen LogP contribution >= 0.6 is 0 Å². The summed E-state index contributed by atoms with van der Waals surface area (Å²) in [7, 11) is 1.72. The molecule has 128 valence electrons. The average Bonchev–Trinajstić information content (AvgIpc) is 2.99. The number of hydrogen-bond acceptors (Lipinski definition) is 3. The Kier molecular flexibility index (Phi) is 4.10. The zero-order valence-electron chi connectivity index (χ0n) is 14.3. The predicted molar refractivity (Wildman–Crippen MR) is 96.4 cm³/mol. The van der Waals surface area contributed by atoms with E-state index in [-0.39, 0.29) is 6.61 Å². The number of hydrogen-bond donors (Lipinski definition) is 2. The lowest BCUT2D eigenvalue weighted by molar-refractivity contribution is 0.0594. The van der Waals surface area contributed by atoms with E-state index in [4.69, 9.17) is 4.74 Å². The van der Waals surface area contributed by atoms with Crippen molar-refractivity contribution >= 4 is 10.9 Å². The van der Waals surface area contributed by atoms with E-state index in [2.05, 4.69) is 34.7 Å². The number of methoxy groups -OCH3 is 1. The Hall–Kier alpha value is -1.78. The van der Waals surface area contributed by atoms with Crippen molar-refractivity contribution in [2.45, 2.75) is 25.3 Å². The van der Waals surface area contributed by atoms with Crippen molar-refractivity contribution in [3.8, 4) is 5.75 Å². The quantitative estimate of drug-likeness (QED) is 0.848. The van der Waals surface area contributed by atoms with Crippen LogP contribution in [0, 0.1) is 11.8 Å². The first-order valence-corrected chi connectivity index (χ1v) is 8.91. The van der Waals surface area contributed by atoms with Gasteiger partial charge in [0.05, 0.1) is 13.2 Å². The van der Waals surface area contributed by atoms with Gasteiger partial charge in [0.1, 0.15) is 5.75 Å². The molecule has 4 nitrogen and oxygen atoms in total. The molecule has 0 amide bonds. The lowest BCUT2D eigenvalue weighted by Crippen LogP contribution is -2.45. The fourth-order valence-electron chi connectivity index (χ4n) is 4.65. The molecule has 0 spiro atoms. The Morgan fingerprint density at radius 1 is 1.46 bits per heavy atom. The SMILES string of the molecule is C=CC1CN2CCc3c([nH]c4ccc(OC)cc34)C2CC1CCO. The normalized spacial score (nSPS) is 26.8. The third-order valence-corrected chi connectivity index (χ3v) is 5.95. The number of benzene rings is 1. The van der Waals surface area contributed by atoms with Crippen LogP contribution in [0.15, 0.2) is 30.9 Å². The van der Waals surface area contributed by atoms with Crippen molar-refractivity contribution in [1.82, 2.24) is 9.88 Å². The smallest absolute Gasteiger partial charge is 0.119 e. The summed E-state index contributed by atoms with van der Waals surface area (Å²) in [6, 6.07) is 6.73. The van der Waals surface area contributed by atoms with Crippen LogP contribution in [0.4, 0.5) is 0 Å². The number of aliphatic hydroxyl groups is 1. The van der Waals surface area contributed by atoms with E-state index in [1.807, 2.05) is 6.07 Å². The fourth-order valence-corrected chi connectivity index (χ4v) is 4.65. The number of ether oxygens (including phenoxy) is 1. The summed E-state index contributed by atoms with van der Waals surface area (Å²) in [5, 5.41) is 10.7. The molecule has 2 aliphatic rings. The highest BCUT2D eigenvalue weighted by Gasteiger charge is 2.38. The third-order valence-electron chi connectivity index (χ3n) is 5.95. The number of nitrogens with zero attached hydrogens (tertiary/aromatic N) is 1. The van der Waals surface area contributed by atoms with Crippen LogP contribution in [0.1, 0.15) is 30.1 Å². The van der Waals surface area contributed by atoms with Crippen molar-refractivity contribution in [3.63, 3.8) is 0 Å². The van der Waals surface area contributed by atoms with E-state index in [1.54, 1.807) is 7.11 Å². The minimum Gasteiger partial charge on any atom is -0.497 e. The largest absolute Gasteiger partial charge is 0.497 e. The van der Waals surface area contributed by atoms with Crippen LogP contribution in [-0.4, -0.2) is 41.8 Å². The molecule has 1 aromatic carbocycles. The van der Waals surface area contributed by atoms with Crippen molar-refractivity contribution in [2.75, 3.05) is 26.8 Å². The van der Waals surface area contributed by atoms with E-state index < -0.39 is 0 Å². The maximum atomic E-state index is 9.43. The van der Waals surface area contributed by atoms with Gasteiger partial charge in [0.15, 0.2) is 0 Å². The molecule has 3 atom stereocenters. The molecular formula is C20H26N2O2. The molecule has 1 fully saturated rings. The lowest BCUT2D eigenvalue weighted by Gasteiger charge is -2.45. The summed E-state index contributed by atoms with van der Waals surface area (Å²) >= 11 is 0. The Morgan fingerprint density at radius 2 is 2.33 bits per heavy atom. The minimum absolute atomic E-state index is 0.262. The van der Waals surface area contributed by atoms with Crippen LogP contribution in [-0.2, 0) is 6.42 Å². The van der Waals surface area contributed by atoms with Crippen LogP contribution in [0.3, 0.4) is 0 Å². The Labute approximate surface area is 143 Å². The number of aliphatic hydroxyl groups excluding tert-OH is 1. The summed E-state index contributed by atoms with van der Waals surface area (Å²) in [4.78, 5) is 6.27. The highest BCUT2D eigenvalue weighted by atomic mass is 16.5. The monoisotopic (exact) mass is 326 g/mol. The number of H-pyrrole nitrogens is 1. The van der Waals surface area contributed by atoms with Crippen LogP contribution in [0.2, 0.25) is 0 Å². The zero-order chi connectivity index (χ0) is 16.7.